The van der Waals surface area contributed by atoms with Crippen LogP contribution in [0.2, 0.25) is 0 Å². The lowest BCUT2D eigenvalue weighted by Gasteiger charge is -2.04. The first-order chi connectivity index (χ1) is 8.88. The molecule has 0 fully saturated rings. The first kappa shape index (κ1) is 13.1. The van der Waals surface area contributed by atoms with Gasteiger partial charge in [-0.05, 0) is 16.8 Å². The first-order valence-corrected chi connectivity index (χ1v) is 5.39. The molecule has 0 bridgehead atoms. The highest BCUT2D eigenvalue weighted by Gasteiger charge is 2.36. The Balaban J connectivity index is 2.39. The van der Waals surface area contributed by atoms with E-state index < -0.39 is 17.7 Å². The Bertz CT molecular complexity index is 657. The fraction of sp³-hybridized carbons (Fsp3) is 0.0714. The quantitative estimate of drug-likeness (QED) is 0.661. The summed E-state index contributed by atoms with van der Waals surface area (Å²) in [6, 6.07) is 11.8. The van der Waals surface area contributed by atoms with Crippen molar-refractivity contribution in [2.45, 2.75) is 6.18 Å². The number of hydrogen-bond donors (Lipinski definition) is 1. The molecule has 0 atom stereocenters. The Labute approximate surface area is 106 Å². The molecule has 2 aromatic rings. The summed E-state index contributed by atoms with van der Waals surface area (Å²) in [6.45, 7) is 0. The number of benzene rings is 2. The summed E-state index contributed by atoms with van der Waals surface area (Å²) >= 11 is 0. The van der Waals surface area contributed by atoms with Crippen LogP contribution in [-0.4, -0.2) is 17.1 Å². The number of carbonyl (C=O) groups is 1. The van der Waals surface area contributed by atoms with E-state index in [-0.39, 0.29) is 11.6 Å². The molecule has 5 heteroatoms. The van der Waals surface area contributed by atoms with Crippen LogP contribution in [0.4, 0.5) is 13.2 Å². The highest BCUT2D eigenvalue weighted by Crippen LogP contribution is 2.22. The maximum absolute atomic E-state index is 12.1. The lowest BCUT2D eigenvalue weighted by Crippen LogP contribution is -2.20. The van der Waals surface area contributed by atoms with E-state index in [1.807, 2.05) is 12.1 Å². The molecule has 0 heterocycles. The maximum Gasteiger partial charge on any atom is 0.454 e. The molecule has 19 heavy (non-hydrogen) atoms. The SMILES string of the molecule is O=C(/C=C(/O)c1ccc2ccccc2c1)C(F)(F)F. The normalized spacial score (nSPS) is 12.7. The van der Waals surface area contributed by atoms with Crippen molar-refractivity contribution < 1.29 is 23.1 Å². The van der Waals surface area contributed by atoms with Gasteiger partial charge < -0.3 is 5.11 Å². The van der Waals surface area contributed by atoms with E-state index in [9.17, 15) is 23.1 Å². The van der Waals surface area contributed by atoms with Gasteiger partial charge in [-0.25, -0.2) is 0 Å². The minimum absolute atomic E-state index is 0.163. The van der Waals surface area contributed by atoms with Crippen molar-refractivity contribution in [2.75, 3.05) is 0 Å². The third kappa shape index (κ3) is 2.93. The minimum atomic E-state index is -4.98. The second-order valence-corrected chi connectivity index (χ2v) is 3.95. The van der Waals surface area contributed by atoms with Crippen LogP contribution in [0.25, 0.3) is 16.5 Å². The summed E-state index contributed by atoms with van der Waals surface area (Å²) in [5.41, 5.74) is 0.163. The van der Waals surface area contributed by atoms with E-state index in [2.05, 4.69) is 0 Å². The molecule has 0 radical (unpaired) electrons. The second-order valence-electron chi connectivity index (χ2n) is 3.95. The lowest BCUT2D eigenvalue weighted by atomic mass is 10.1. The van der Waals surface area contributed by atoms with E-state index in [1.54, 1.807) is 18.2 Å². The summed E-state index contributed by atoms with van der Waals surface area (Å²) in [6.07, 6.45) is -4.80. The Morgan fingerprint density at radius 2 is 1.68 bits per heavy atom. The number of carbonyl (C=O) groups excluding carboxylic acids is 1. The number of hydrogen-bond acceptors (Lipinski definition) is 2. The smallest absolute Gasteiger partial charge is 0.454 e. The highest BCUT2D eigenvalue weighted by molar-refractivity contribution is 5.99. The summed E-state index contributed by atoms with van der Waals surface area (Å²) in [5, 5.41) is 11.2. The van der Waals surface area contributed by atoms with Gasteiger partial charge in [-0.1, -0.05) is 36.4 Å². The molecular weight excluding hydrogens is 257 g/mol. The highest BCUT2D eigenvalue weighted by atomic mass is 19.4. The van der Waals surface area contributed by atoms with E-state index >= 15 is 0 Å². The number of rotatable bonds is 2. The van der Waals surface area contributed by atoms with Gasteiger partial charge in [0, 0.05) is 11.6 Å². The van der Waals surface area contributed by atoms with Crippen molar-refractivity contribution in [1.82, 2.24) is 0 Å². The fourth-order valence-corrected chi connectivity index (χ4v) is 1.64. The van der Waals surface area contributed by atoms with Gasteiger partial charge in [-0.2, -0.15) is 13.2 Å². The summed E-state index contributed by atoms with van der Waals surface area (Å²) < 4.78 is 36.2. The van der Waals surface area contributed by atoms with Crippen molar-refractivity contribution in [2.24, 2.45) is 0 Å². The van der Waals surface area contributed by atoms with Crippen molar-refractivity contribution in [3.05, 3.63) is 54.1 Å². The molecule has 0 aliphatic carbocycles. The van der Waals surface area contributed by atoms with Crippen molar-refractivity contribution >= 4 is 22.3 Å². The average molecular weight is 266 g/mol. The molecule has 2 nitrogen and oxygen atoms in total. The number of alkyl halides is 3. The predicted octanol–water partition coefficient (Wildman–Crippen LogP) is 3.87. The van der Waals surface area contributed by atoms with Crippen LogP contribution in [0, 0.1) is 0 Å². The van der Waals surface area contributed by atoms with E-state index in [0.717, 1.165) is 10.8 Å². The molecule has 0 saturated carbocycles. The molecule has 0 saturated heterocycles. The molecule has 0 aliphatic heterocycles. The van der Waals surface area contributed by atoms with Crippen LogP contribution in [0.3, 0.4) is 0 Å². The zero-order valence-electron chi connectivity index (χ0n) is 9.61. The third-order valence-corrected chi connectivity index (χ3v) is 2.59. The van der Waals surface area contributed by atoms with Crippen LogP contribution in [0.15, 0.2) is 48.5 Å². The van der Waals surface area contributed by atoms with Crippen LogP contribution < -0.4 is 0 Å². The fourth-order valence-electron chi connectivity index (χ4n) is 1.64. The second kappa shape index (κ2) is 4.76. The van der Waals surface area contributed by atoms with Crippen LogP contribution >= 0.6 is 0 Å². The zero-order valence-corrected chi connectivity index (χ0v) is 9.61. The Morgan fingerprint density at radius 1 is 1.05 bits per heavy atom. The monoisotopic (exact) mass is 266 g/mol. The van der Waals surface area contributed by atoms with Gasteiger partial charge in [-0.3, -0.25) is 4.79 Å². The molecule has 0 aliphatic rings. The number of allylic oxidation sites excluding steroid dienone is 1. The summed E-state index contributed by atoms with van der Waals surface area (Å²) in [7, 11) is 0. The Hall–Kier alpha value is -2.30. The van der Waals surface area contributed by atoms with Gasteiger partial charge in [0.05, 0.1) is 0 Å². The number of halogens is 3. The van der Waals surface area contributed by atoms with Gasteiger partial charge in [0.25, 0.3) is 5.78 Å². The number of aliphatic hydroxyl groups is 1. The summed E-state index contributed by atoms with van der Waals surface area (Å²) in [5.74, 6) is -2.79. The Kier molecular flexibility index (Phi) is 3.29. The van der Waals surface area contributed by atoms with Gasteiger partial charge in [0.1, 0.15) is 5.76 Å². The molecule has 0 amide bonds. The zero-order chi connectivity index (χ0) is 14.0. The van der Waals surface area contributed by atoms with Crippen molar-refractivity contribution in [3.8, 4) is 0 Å². The van der Waals surface area contributed by atoms with Gasteiger partial charge >= 0.3 is 6.18 Å². The molecule has 0 aromatic heterocycles. The topological polar surface area (TPSA) is 37.3 Å². The molecule has 0 unspecified atom stereocenters. The molecule has 1 N–H and O–H groups in total. The van der Waals surface area contributed by atoms with Crippen molar-refractivity contribution in [1.29, 1.82) is 0 Å². The number of fused-ring (bicyclic) bond motifs is 1. The molecule has 0 spiro atoms. The van der Waals surface area contributed by atoms with E-state index in [1.165, 1.54) is 12.1 Å². The van der Waals surface area contributed by atoms with Crippen LogP contribution in [-0.2, 0) is 4.79 Å². The molecular formula is C14H9F3O2. The largest absolute Gasteiger partial charge is 0.507 e. The van der Waals surface area contributed by atoms with E-state index in [4.69, 9.17) is 0 Å². The maximum atomic E-state index is 12.1. The van der Waals surface area contributed by atoms with Gasteiger partial charge in [-0.15, -0.1) is 0 Å². The molecule has 2 rings (SSSR count). The number of aliphatic hydroxyl groups excluding tert-OH is 1. The van der Waals surface area contributed by atoms with E-state index in [0.29, 0.717) is 0 Å². The Morgan fingerprint density at radius 3 is 2.32 bits per heavy atom. The lowest BCUT2D eigenvalue weighted by molar-refractivity contribution is -0.165. The third-order valence-electron chi connectivity index (χ3n) is 2.59. The molecule has 98 valence electrons. The van der Waals surface area contributed by atoms with Crippen LogP contribution in [0.1, 0.15) is 5.56 Å². The molecule has 2 aromatic carbocycles. The van der Waals surface area contributed by atoms with Gasteiger partial charge in [0.2, 0.25) is 0 Å². The first-order valence-electron chi connectivity index (χ1n) is 5.39. The number of ketones is 1. The van der Waals surface area contributed by atoms with Crippen molar-refractivity contribution in [3.63, 3.8) is 0 Å². The average Bonchev–Trinajstić information content (AvgIpc) is 2.37. The predicted molar refractivity (Wildman–Crippen MR) is 65.6 cm³/mol. The summed E-state index contributed by atoms with van der Waals surface area (Å²) in [4.78, 5) is 10.8. The van der Waals surface area contributed by atoms with Gasteiger partial charge in [0.15, 0.2) is 0 Å². The standard InChI is InChI=1S/C14H9F3O2/c15-14(16,17)13(19)8-12(18)11-6-5-9-3-1-2-4-10(9)7-11/h1-8,18H/b12-8+. The van der Waals surface area contributed by atoms with Crippen LogP contribution in [0.5, 0.6) is 0 Å². The minimum Gasteiger partial charge on any atom is -0.507 e.